The average molecular weight is 320 g/mol. The van der Waals surface area contributed by atoms with Gasteiger partial charge in [-0.25, -0.2) is 9.78 Å². The van der Waals surface area contributed by atoms with Crippen LogP contribution in [0.5, 0.6) is 0 Å². The molecule has 0 spiro atoms. The van der Waals surface area contributed by atoms with Crippen molar-refractivity contribution in [3.63, 3.8) is 0 Å². The molecule has 1 aromatic rings. The first-order chi connectivity index (χ1) is 10.8. The molecule has 7 nitrogen and oxygen atoms in total. The van der Waals surface area contributed by atoms with E-state index in [9.17, 15) is 9.59 Å². The maximum Gasteiger partial charge on any atom is 0.330 e. The van der Waals surface area contributed by atoms with Gasteiger partial charge in [0.2, 0.25) is 0 Å². The number of nitrogens with one attached hydrogen (secondary N) is 1. The zero-order valence-electron chi connectivity index (χ0n) is 13.8. The Balaban J connectivity index is 1.79. The fraction of sp³-hybridized carbons (Fsp3) is 0.562. The maximum atomic E-state index is 12.1. The number of hydroxylamine groups is 2. The van der Waals surface area contributed by atoms with E-state index in [1.165, 1.54) is 6.20 Å². The molecule has 1 saturated heterocycles. The first kappa shape index (κ1) is 17.2. The molecular weight excluding hydrogens is 296 g/mol. The Morgan fingerprint density at radius 1 is 1.30 bits per heavy atom. The quantitative estimate of drug-likeness (QED) is 0.873. The molecule has 0 atom stereocenters. The molecule has 23 heavy (non-hydrogen) atoms. The molecule has 1 amide bonds. The van der Waals surface area contributed by atoms with E-state index in [4.69, 9.17) is 10.6 Å². The fourth-order valence-corrected chi connectivity index (χ4v) is 2.15. The number of hydrogen-bond donors (Lipinski definition) is 2. The molecule has 126 valence electrons. The van der Waals surface area contributed by atoms with Crippen molar-refractivity contribution in [3.05, 3.63) is 23.9 Å². The zero-order chi connectivity index (χ0) is 17.0. The van der Waals surface area contributed by atoms with Crippen LogP contribution in [0.2, 0.25) is 0 Å². The van der Waals surface area contributed by atoms with Crippen molar-refractivity contribution < 1.29 is 14.4 Å². The van der Waals surface area contributed by atoms with Gasteiger partial charge in [0.15, 0.2) is 0 Å². The third kappa shape index (κ3) is 4.92. The minimum atomic E-state index is -0.521. The van der Waals surface area contributed by atoms with E-state index in [2.05, 4.69) is 10.3 Å². The summed E-state index contributed by atoms with van der Waals surface area (Å²) < 4.78 is 0. The number of rotatable bonds is 3. The fourth-order valence-electron chi connectivity index (χ4n) is 2.15. The van der Waals surface area contributed by atoms with Gasteiger partial charge >= 0.3 is 5.97 Å². The van der Waals surface area contributed by atoms with Crippen LogP contribution in [0.4, 0.5) is 5.82 Å². The molecule has 3 N–H and O–H groups in total. The Morgan fingerprint density at radius 3 is 2.48 bits per heavy atom. The molecule has 0 unspecified atom stereocenters. The Morgan fingerprint density at radius 2 is 1.96 bits per heavy atom. The molecule has 1 aromatic heterocycles. The highest BCUT2D eigenvalue weighted by Gasteiger charge is 2.28. The Hall–Kier alpha value is -2.15. The van der Waals surface area contributed by atoms with Gasteiger partial charge in [-0.1, -0.05) is 0 Å². The molecule has 0 aromatic carbocycles. The number of carbonyl (C=O) groups excluding carboxylic acids is 2. The minimum absolute atomic E-state index is 0.0599. The monoisotopic (exact) mass is 320 g/mol. The van der Waals surface area contributed by atoms with Gasteiger partial charge in [-0.3, -0.25) is 4.79 Å². The van der Waals surface area contributed by atoms with Crippen LogP contribution in [-0.2, 0) is 9.63 Å². The van der Waals surface area contributed by atoms with Gasteiger partial charge in [-0.05, 0) is 45.7 Å². The van der Waals surface area contributed by atoms with Crippen LogP contribution in [0.3, 0.4) is 0 Å². The van der Waals surface area contributed by atoms with E-state index in [1.54, 1.807) is 17.2 Å². The summed E-state index contributed by atoms with van der Waals surface area (Å²) in [4.78, 5) is 33.3. The van der Waals surface area contributed by atoms with Crippen LogP contribution >= 0.6 is 0 Å². The van der Waals surface area contributed by atoms with E-state index in [1.807, 2.05) is 20.8 Å². The third-order valence-corrected chi connectivity index (χ3v) is 3.66. The van der Waals surface area contributed by atoms with Crippen molar-refractivity contribution in [2.24, 2.45) is 5.41 Å². The number of nitrogens with zero attached hydrogens (tertiary/aromatic N) is 2. The van der Waals surface area contributed by atoms with Gasteiger partial charge in [0.05, 0.1) is 11.0 Å². The second kappa shape index (κ2) is 6.95. The van der Waals surface area contributed by atoms with Crippen LogP contribution in [0.15, 0.2) is 18.3 Å². The lowest BCUT2D eigenvalue weighted by molar-refractivity contribution is -0.204. The Labute approximate surface area is 136 Å². The molecule has 0 bridgehead atoms. The minimum Gasteiger partial charge on any atom is -0.384 e. The SMILES string of the molecule is CC(C)(C)C(=O)ON1CCC(NC(=O)c2ccc(N)nc2)CC1. The summed E-state index contributed by atoms with van der Waals surface area (Å²) in [6, 6.07) is 3.31. The van der Waals surface area contributed by atoms with Crippen molar-refractivity contribution in [1.82, 2.24) is 15.4 Å². The summed E-state index contributed by atoms with van der Waals surface area (Å²) in [5, 5.41) is 4.64. The topological polar surface area (TPSA) is 97.5 Å². The Kier molecular flexibility index (Phi) is 5.20. The van der Waals surface area contributed by atoms with Crippen molar-refractivity contribution in [3.8, 4) is 0 Å². The molecule has 1 fully saturated rings. The molecule has 1 aliphatic rings. The number of hydrogen-bond acceptors (Lipinski definition) is 6. The molecule has 7 heteroatoms. The van der Waals surface area contributed by atoms with Crippen LogP contribution in [0.1, 0.15) is 44.0 Å². The lowest BCUT2D eigenvalue weighted by Gasteiger charge is -2.32. The summed E-state index contributed by atoms with van der Waals surface area (Å²) >= 11 is 0. The number of carbonyl (C=O) groups is 2. The van der Waals surface area contributed by atoms with E-state index in [0.717, 1.165) is 12.8 Å². The van der Waals surface area contributed by atoms with Crippen LogP contribution in [0, 0.1) is 5.41 Å². The molecule has 0 saturated carbocycles. The number of anilines is 1. The van der Waals surface area contributed by atoms with Crippen LogP contribution in [-0.4, -0.2) is 41.1 Å². The normalized spacial score (nSPS) is 16.8. The van der Waals surface area contributed by atoms with Crippen molar-refractivity contribution in [2.75, 3.05) is 18.8 Å². The van der Waals surface area contributed by atoms with Gasteiger partial charge < -0.3 is 15.9 Å². The lowest BCUT2D eigenvalue weighted by atomic mass is 9.98. The second-order valence-electron chi connectivity index (χ2n) is 6.78. The first-order valence-electron chi connectivity index (χ1n) is 7.75. The van der Waals surface area contributed by atoms with Gasteiger partial charge in [0, 0.05) is 25.3 Å². The number of pyridine rings is 1. The van der Waals surface area contributed by atoms with Crippen molar-refractivity contribution >= 4 is 17.7 Å². The summed E-state index contributed by atoms with van der Waals surface area (Å²) in [6.07, 6.45) is 2.92. The standard InChI is InChI=1S/C16H24N4O3/c1-16(2,3)15(22)23-20-8-6-12(7-9-20)19-14(21)11-4-5-13(17)18-10-11/h4-5,10,12H,6-9H2,1-3H3,(H2,17,18)(H,19,21). The summed E-state index contributed by atoms with van der Waals surface area (Å²) in [5.74, 6) is -0.0221. The predicted molar refractivity (Wildman–Crippen MR) is 86.3 cm³/mol. The highest BCUT2D eigenvalue weighted by atomic mass is 16.7. The van der Waals surface area contributed by atoms with E-state index in [0.29, 0.717) is 24.5 Å². The third-order valence-electron chi connectivity index (χ3n) is 3.66. The van der Waals surface area contributed by atoms with Crippen LogP contribution in [0.25, 0.3) is 0 Å². The van der Waals surface area contributed by atoms with E-state index < -0.39 is 5.41 Å². The Bertz CT molecular complexity index is 558. The second-order valence-corrected chi connectivity index (χ2v) is 6.78. The largest absolute Gasteiger partial charge is 0.384 e. The average Bonchev–Trinajstić information content (AvgIpc) is 2.49. The number of piperidine rings is 1. The first-order valence-corrected chi connectivity index (χ1v) is 7.75. The summed E-state index contributed by atoms with van der Waals surface area (Å²) in [5.41, 5.74) is 5.47. The molecule has 2 heterocycles. The van der Waals surface area contributed by atoms with E-state index >= 15 is 0 Å². The van der Waals surface area contributed by atoms with Crippen molar-refractivity contribution in [1.29, 1.82) is 0 Å². The predicted octanol–water partition coefficient (Wildman–Crippen LogP) is 1.36. The van der Waals surface area contributed by atoms with Gasteiger partial charge in [0.25, 0.3) is 5.91 Å². The summed E-state index contributed by atoms with van der Waals surface area (Å²) in [6.45, 7) is 6.67. The highest BCUT2D eigenvalue weighted by Crippen LogP contribution is 2.18. The number of nitrogen functional groups attached to an aromatic ring is 1. The highest BCUT2D eigenvalue weighted by molar-refractivity contribution is 5.94. The molecule has 0 aliphatic carbocycles. The molecule has 1 aliphatic heterocycles. The zero-order valence-corrected chi connectivity index (χ0v) is 13.8. The van der Waals surface area contributed by atoms with Gasteiger partial charge in [-0.15, -0.1) is 5.06 Å². The number of amides is 1. The maximum absolute atomic E-state index is 12.1. The van der Waals surface area contributed by atoms with Gasteiger partial charge in [0.1, 0.15) is 5.82 Å². The van der Waals surface area contributed by atoms with E-state index in [-0.39, 0.29) is 17.9 Å². The smallest absolute Gasteiger partial charge is 0.330 e. The van der Waals surface area contributed by atoms with Gasteiger partial charge in [-0.2, -0.15) is 0 Å². The number of nitrogens with two attached hydrogens (primary N) is 1. The molecule has 2 rings (SSSR count). The lowest BCUT2D eigenvalue weighted by Crippen LogP contribution is -2.46. The van der Waals surface area contributed by atoms with Crippen molar-refractivity contribution in [2.45, 2.75) is 39.7 Å². The summed E-state index contributed by atoms with van der Waals surface area (Å²) in [7, 11) is 0. The molecular formula is C16H24N4O3. The number of aromatic nitrogens is 1. The molecule has 0 radical (unpaired) electrons. The van der Waals surface area contributed by atoms with Crippen LogP contribution < -0.4 is 11.1 Å².